The number of nitrogens with zero attached hydrogens (tertiary/aromatic N) is 1. The molecule has 12 heteroatoms. The number of benzene rings is 2. The molecule has 1 atom stereocenters. The number of anilines is 1. The monoisotopic (exact) mass is 550 g/mol. The van der Waals surface area contributed by atoms with Crippen molar-refractivity contribution in [3.8, 4) is 11.5 Å². The molecule has 4 nitrogen and oxygen atoms in total. The minimum absolute atomic E-state index is 0.0895. The molecule has 0 saturated heterocycles. The van der Waals surface area contributed by atoms with Crippen molar-refractivity contribution in [2.45, 2.75) is 69.8 Å². The highest BCUT2D eigenvalue weighted by Crippen LogP contribution is 2.48. The largest absolute Gasteiger partial charge is 0.586 e. The van der Waals surface area contributed by atoms with Gasteiger partial charge in [0.15, 0.2) is 11.5 Å². The predicted molar refractivity (Wildman–Crippen MR) is 122 cm³/mol. The first-order chi connectivity index (χ1) is 17.8. The van der Waals surface area contributed by atoms with E-state index in [1.165, 1.54) is 12.1 Å². The van der Waals surface area contributed by atoms with Gasteiger partial charge in [0.05, 0.1) is 11.1 Å². The number of fused-ring (bicyclic) bond motifs is 2. The molecule has 1 saturated carbocycles. The highest BCUT2D eigenvalue weighted by Gasteiger charge is 2.45. The number of halogens is 8. The van der Waals surface area contributed by atoms with E-state index in [-0.39, 0.29) is 29.7 Å². The lowest BCUT2D eigenvalue weighted by Crippen LogP contribution is -2.29. The summed E-state index contributed by atoms with van der Waals surface area (Å²) < 4.78 is 117. The number of alkyl halides is 8. The molecule has 2 aromatic rings. The Bertz CT molecular complexity index is 1140. The van der Waals surface area contributed by atoms with Gasteiger partial charge in [0.2, 0.25) is 0 Å². The second kappa shape index (κ2) is 9.77. The number of rotatable bonds is 5. The third kappa shape index (κ3) is 5.79. The van der Waals surface area contributed by atoms with Crippen LogP contribution in [0.15, 0.2) is 30.3 Å². The van der Waals surface area contributed by atoms with E-state index in [1.54, 1.807) is 0 Å². The SMILES string of the molecule is FC1(F)Oc2cc3c(cc2O1)N(CC1CCCC1)CCCC3NCc1cc(C(F)(F)F)cc(C(F)(F)F)c1. The zero-order chi connectivity index (χ0) is 27.3. The van der Waals surface area contributed by atoms with Crippen LogP contribution in [0.3, 0.4) is 0 Å². The summed E-state index contributed by atoms with van der Waals surface area (Å²) in [5.74, 6) is 0.172. The summed E-state index contributed by atoms with van der Waals surface area (Å²) in [6.07, 6.45) is -8.18. The summed E-state index contributed by atoms with van der Waals surface area (Å²) in [4.78, 5) is 2.11. The van der Waals surface area contributed by atoms with E-state index < -0.39 is 35.8 Å². The Kier molecular flexibility index (Phi) is 6.90. The summed E-state index contributed by atoms with van der Waals surface area (Å²) in [5.41, 5.74) is -1.74. The number of hydrogen-bond donors (Lipinski definition) is 1. The maximum atomic E-state index is 13.8. The number of hydrogen-bond acceptors (Lipinski definition) is 4. The maximum Gasteiger partial charge on any atom is 0.586 e. The van der Waals surface area contributed by atoms with Gasteiger partial charge >= 0.3 is 18.6 Å². The molecule has 1 fully saturated rings. The Morgan fingerprint density at radius 3 is 2.03 bits per heavy atom. The van der Waals surface area contributed by atoms with Crippen molar-refractivity contribution in [1.82, 2.24) is 5.32 Å². The zero-order valence-corrected chi connectivity index (χ0v) is 20.2. The van der Waals surface area contributed by atoms with Crippen molar-refractivity contribution in [2.75, 3.05) is 18.0 Å². The van der Waals surface area contributed by atoms with E-state index in [9.17, 15) is 35.1 Å². The molecule has 0 spiro atoms. The Hall–Kier alpha value is -2.76. The Morgan fingerprint density at radius 1 is 0.816 bits per heavy atom. The van der Waals surface area contributed by atoms with Crippen LogP contribution in [0.4, 0.5) is 40.8 Å². The Balaban J connectivity index is 1.45. The predicted octanol–water partition coefficient (Wildman–Crippen LogP) is 7.67. The second-order valence-electron chi connectivity index (χ2n) is 10.1. The van der Waals surface area contributed by atoms with Crippen LogP contribution in [0.1, 0.15) is 66.8 Å². The van der Waals surface area contributed by atoms with Crippen LogP contribution in [0, 0.1) is 5.92 Å². The average Bonchev–Trinajstić information content (AvgIpc) is 3.39. The second-order valence-corrected chi connectivity index (χ2v) is 10.1. The van der Waals surface area contributed by atoms with Crippen LogP contribution in [0.5, 0.6) is 11.5 Å². The smallest absolute Gasteiger partial charge is 0.395 e. The van der Waals surface area contributed by atoms with E-state index in [4.69, 9.17) is 0 Å². The van der Waals surface area contributed by atoms with Gasteiger partial charge in [0.25, 0.3) is 0 Å². The molecule has 1 aliphatic carbocycles. The first-order valence-electron chi connectivity index (χ1n) is 12.5. The van der Waals surface area contributed by atoms with Crippen LogP contribution in [-0.4, -0.2) is 19.4 Å². The van der Waals surface area contributed by atoms with E-state index in [0.717, 1.165) is 32.2 Å². The van der Waals surface area contributed by atoms with Gasteiger partial charge in [-0.3, -0.25) is 0 Å². The van der Waals surface area contributed by atoms with E-state index >= 15 is 0 Å². The number of ether oxygens (including phenoxy) is 2. The standard InChI is InChI=1S/C26H26F8N2O2/c27-24(28,29)17-8-16(9-18(10-17)25(30,31)32)13-35-20-6-3-7-36(14-15-4-1-2-5-15)21-12-23-22(11-19(20)21)37-26(33,34)38-23/h8-12,15,20,35H,1-7,13-14H2. The quantitative estimate of drug-likeness (QED) is 0.388. The molecule has 2 aromatic carbocycles. The van der Waals surface area contributed by atoms with Crippen LogP contribution in [0.25, 0.3) is 0 Å². The molecule has 1 N–H and O–H groups in total. The summed E-state index contributed by atoms with van der Waals surface area (Å²) in [7, 11) is 0. The van der Waals surface area contributed by atoms with Gasteiger partial charge < -0.3 is 19.7 Å². The van der Waals surface area contributed by atoms with Gasteiger partial charge in [-0.1, -0.05) is 12.8 Å². The minimum Gasteiger partial charge on any atom is -0.395 e. The molecule has 2 heterocycles. The molecule has 208 valence electrons. The summed E-state index contributed by atoms with van der Waals surface area (Å²) in [6.45, 7) is 1.06. The van der Waals surface area contributed by atoms with Gasteiger partial charge in [-0.05, 0) is 67.0 Å². The fraction of sp³-hybridized carbons (Fsp3) is 0.538. The lowest BCUT2D eigenvalue weighted by molar-refractivity contribution is -0.286. The van der Waals surface area contributed by atoms with E-state index in [2.05, 4.69) is 19.7 Å². The maximum absolute atomic E-state index is 13.8. The van der Waals surface area contributed by atoms with Crippen LogP contribution < -0.4 is 19.7 Å². The van der Waals surface area contributed by atoms with Crippen molar-refractivity contribution in [2.24, 2.45) is 5.92 Å². The topological polar surface area (TPSA) is 33.7 Å². The van der Waals surface area contributed by atoms with E-state index in [0.29, 0.717) is 48.7 Å². The summed E-state index contributed by atoms with van der Waals surface area (Å²) >= 11 is 0. The first kappa shape index (κ1) is 26.8. The molecule has 2 aliphatic heterocycles. The van der Waals surface area contributed by atoms with Crippen molar-refractivity contribution < 1.29 is 44.6 Å². The molecular weight excluding hydrogens is 524 g/mol. The van der Waals surface area contributed by atoms with Gasteiger partial charge in [0.1, 0.15) is 0 Å². The Morgan fingerprint density at radius 2 is 1.42 bits per heavy atom. The van der Waals surface area contributed by atoms with Crippen molar-refractivity contribution in [1.29, 1.82) is 0 Å². The van der Waals surface area contributed by atoms with Crippen molar-refractivity contribution in [3.63, 3.8) is 0 Å². The molecular formula is C26H26F8N2O2. The fourth-order valence-corrected chi connectivity index (χ4v) is 5.59. The van der Waals surface area contributed by atoms with Crippen LogP contribution in [0.2, 0.25) is 0 Å². The molecule has 3 aliphatic rings. The van der Waals surface area contributed by atoms with Crippen molar-refractivity contribution >= 4 is 5.69 Å². The normalized spacial score (nSPS) is 21.5. The minimum atomic E-state index is -4.95. The fourth-order valence-electron chi connectivity index (χ4n) is 5.59. The molecule has 1 unspecified atom stereocenters. The third-order valence-corrected chi connectivity index (χ3v) is 7.34. The van der Waals surface area contributed by atoms with Gasteiger partial charge in [-0.25, -0.2) is 0 Å². The van der Waals surface area contributed by atoms with Crippen molar-refractivity contribution in [3.05, 3.63) is 52.6 Å². The summed E-state index contributed by atoms with van der Waals surface area (Å²) in [6, 6.07) is 3.87. The average molecular weight is 550 g/mol. The van der Waals surface area contributed by atoms with Crippen LogP contribution >= 0.6 is 0 Å². The highest BCUT2D eigenvalue weighted by molar-refractivity contribution is 5.64. The first-order valence-corrected chi connectivity index (χ1v) is 12.5. The molecule has 0 amide bonds. The van der Waals surface area contributed by atoms with Gasteiger partial charge in [-0.2, -0.15) is 26.3 Å². The van der Waals surface area contributed by atoms with Crippen LogP contribution in [-0.2, 0) is 18.9 Å². The number of nitrogens with one attached hydrogen (secondary N) is 1. The lowest BCUT2D eigenvalue weighted by Gasteiger charge is -2.29. The molecule has 0 radical (unpaired) electrons. The van der Waals surface area contributed by atoms with Gasteiger partial charge in [0, 0.05) is 37.4 Å². The highest BCUT2D eigenvalue weighted by atomic mass is 19.4. The van der Waals surface area contributed by atoms with Gasteiger partial charge in [-0.15, -0.1) is 8.78 Å². The molecule has 0 bridgehead atoms. The zero-order valence-electron chi connectivity index (χ0n) is 20.2. The molecule has 5 rings (SSSR count). The molecule has 38 heavy (non-hydrogen) atoms. The van der Waals surface area contributed by atoms with E-state index in [1.807, 2.05) is 0 Å². The third-order valence-electron chi connectivity index (χ3n) is 7.34. The lowest BCUT2D eigenvalue weighted by atomic mass is 9.99. The molecule has 0 aromatic heterocycles. The Labute approximate surface area is 213 Å². The summed E-state index contributed by atoms with van der Waals surface area (Å²) in [5, 5.41) is 3.07.